The van der Waals surface area contributed by atoms with E-state index < -0.39 is 24.2 Å². The molecule has 0 saturated heterocycles. The molecular formula is C17H10F6N2O2. The molecule has 0 unspecified atom stereocenters. The Morgan fingerprint density at radius 1 is 0.667 bits per heavy atom. The van der Waals surface area contributed by atoms with Crippen LogP contribution in [0.5, 0.6) is 11.5 Å². The van der Waals surface area contributed by atoms with Gasteiger partial charge in [-0.1, -0.05) is 30.3 Å². The number of hydrogen-bond donors (Lipinski definition) is 1. The number of para-hydroxylation sites is 2. The molecule has 0 aliphatic carbocycles. The van der Waals surface area contributed by atoms with E-state index in [1.165, 1.54) is 42.6 Å². The van der Waals surface area contributed by atoms with Crippen molar-refractivity contribution in [2.75, 3.05) is 0 Å². The van der Waals surface area contributed by atoms with Crippen molar-refractivity contribution in [2.24, 2.45) is 0 Å². The van der Waals surface area contributed by atoms with Crippen LogP contribution in [0.3, 0.4) is 0 Å². The van der Waals surface area contributed by atoms with Crippen molar-refractivity contribution in [3.63, 3.8) is 0 Å². The number of nitrogens with zero attached hydrogens (tertiary/aromatic N) is 1. The smallest absolute Gasteiger partial charge is 0.405 e. The molecule has 0 amide bonds. The summed E-state index contributed by atoms with van der Waals surface area (Å²) in [6.07, 6.45) is -8.68. The van der Waals surface area contributed by atoms with E-state index >= 15 is 0 Å². The van der Waals surface area contributed by atoms with Gasteiger partial charge in [-0.2, -0.15) is 5.10 Å². The van der Waals surface area contributed by atoms with Crippen LogP contribution in [0.25, 0.3) is 22.4 Å². The van der Waals surface area contributed by atoms with Crippen LogP contribution < -0.4 is 9.47 Å². The second-order valence-corrected chi connectivity index (χ2v) is 5.25. The highest BCUT2D eigenvalue weighted by atomic mass is 19.4. The molecule has 0 fully saturated rings. The van der Waals surface area contributed by atoms with Crippen molar-refractivity contribution in [2.45, 2.75) is 12.7 Å². The average molecular weight is 388 g/mol. The lowest BCUT2D eigenvalue weighted by Gasteiger charge is -2.15. The van der Waals surface area contributed by atoms with Crippen LogP contribution >= 0.6 is 0 Å². The third-order valence-electron chi connectivity index (χ3n) is 3.42. The van der Waals surface area contributed by atoms with Gasteiger partial charge in [0, 0.05) is 16.7 Å². The van der Waals surface area contributed by atoms with Gasteiger partial charge in [0.05, 0.1) is 11.9 Å². The summed E-state index contributed by atoms with van der Waals surface area (Å²) in [5, 5.41) is 6.25. The monoisotopic (exact) mass is 388 g/mol. The van der Waals surface area contributed by atoms with Crippen LogP contribution in [0.4, 0.5) is 26.3 Å². The summed E-state index contributed by atoms with van der Waals surface area (Å²) in [7, 11) is 0. The summed E-state index contributed by atoms with van der Waals surface area (Å²) in [5.41, 5.74) is 0.144. The highest BCUT2D eigenvalue weighted by Crippen LogP contribution is 2.41. The highest BCUT2D eigenvalue weighted by Gasteiger charge is 2.34. The first-order valence-electron chi connectivity index (χ1n) is 7.38. The summed E-state index contributed by atoms with van der Waals surface area (Å²) in [6.45, 7) is 0. The van der Waals surface area contributed by atoms with Gasteiger partial charge < -0.3 is 9.47 Å². The topological polar surface area (TPSA) is 47.1 Å². The van der Waals surface area contributed by atoms with E-state index in [0.29, 0.717) is 0 Å². The van der Waals surface area contributed by atoms with Gasteiger partial charge in [-0.05, 0) is 18.2 Å². The van der Waals surface area contributed by atoms with E-state index in [4.69, 9.17) is 0 Å². The Morgan fingerprint density at radius 3 is 1.70 bits per heavy atom. The Balaban J connectivity index is 2.10. The molecule has 27 heavy (non-hydrogen) atoms. The molecule has 1 N–H and O–H groups in total. The molecule has 0 bridgehead atoms. The summed E-state index contributed by atoms with van der Waals surface area (Å²) >= 11 is 0. The minimum Gasteiger partial charge on any atom is -0.405 e. The van der Waals surface area contributed by atoms with E-state index in [2.05, 4.69) is 19.7 Å². The molecule has 3 aromatic rings. The molecule has 0 aliphatic heterocycles. The molecule has 0 aliphatic rings. The largest absolute Gasteiger partial charge is 0.573 e. The highest BCUT2D eigenvalue weighted by molar-refractivity contribution is 5.85. The zero-order valence-corrected chi connectivity index (χ0v) is 13.2. The van der Waals surface area contributed by atoms with Crippen LogP contribution in [0.2, 0.25) is 0 Å². The van der Waals surface area contributed by atoms with E-state index in [-0.39, 0.29) is 22.4 Å². The molecule has 0 atom stereocenters. The van der Waals surface area contributed by atoms with Gasteiger partial charge in [-0.25, -0.2) is 0 Å². The molecule has 3 rings (SSSR count). The lowest BCUT2D eigenvalue weighted by molar-refractivity contribution is -0.275. The predicted molar refractivity (Wildman–Crippen MR) is 82.8 cm³/mol. The van der Waals surface area contributed by atoms with Crippen LogP contribution in [-0.2, 0) is 0 Å². The van der Waals surface area contributed by atoms with Crippen LogP contribution in [-0.4, -0.2) is 22.9 Å². The number of aromatic amines is 1. The SMILES string of the molecule is FC(F)(F)Oc1ccccc1-c1cn[nH]c1-c1ccccc1OC(F)(F)F. The molecule has 0 spiro atoms. The zero-order valence-electron chi connectivity index (χ0n) is 13.2. The van der Waals surface area contributed by atoms with Crippen molar-refractivity contribution in [3.8, 4) is 33.9 Å². The van der Waals surface area contributed by atoms with Crippen molar-refractivity contribution in [1.82, 2.24) is 10.2 Å². The normalized spacial score (nSPS) is 12.1. The van der Waals surface area contributed by atoms with Crippen LogP contribution in [0.15, 0.2) is 54.7 Å². The second kappa shape index (κ2) is 6.86. The number of aromatic nitrogens is 2. The first-order valence-corrected chi connectivity index (χ1v) is 7.38. The molecule has 0 radical (unpaired) electrons. The molecule has 10 heteroatoms. The van der Waals surface area contributed by atoms with Gasteiger partial charge in [0.15, 0.2) is 0 Å². The van der Waals surface area contributed by atoms with Crippen molar-refractivity contribution < 1.29 is 35.8 Å². The number of rotatable bonds is 4. The Kier molecular flexibility index (Phi) is 4.73. The van der Waals surface area contributed by atoms with Gasteiger partial charge in [0.1, 0.15) is 11.5 Å². The molecular weight excluding hydrogens is 378 g/mol. The van der Waals surface area contributed by atoms with Crippen molar-refractivity contribution in [1.29, 1.82) is 0 Å². The van der Waals surface area contributed by atoms with Gasteiger partial charge in [0.2, 0.25) is 0 Å². The van der Waals surface area contributed by atoms with Gasteiger partial charge >= 0.3 is 12.7 Å². The van der Waals surface area contributed by atoms with E-state index in [9.17, 15) is 26.3 Å². The maximum absolute atomic E-state index is 12.6. The summed E-state index contributed by atoms with van der Waals surface area (Å²) in [5.74, 6) is -1.04. The quantitative estimate of drug-likeness (QED) is 0.597. The molecule has 1 heterocycles. The minimum absolute atomic E-state index is 0.000358. The molecule has 1 aromatic heterocycles. The van der Waals surface area contributed by atoms with Crippen molar-refractivity contribution in [3.05, 3.63) is 54.7 Å². The van der Waals surface area contributed by atoms with Gasteiger partial charge in [-0.15, -0.1) is 26.3 Å². The minimum atomic E-state index is -4.94. The Hall–Kier alpha value is -3.17. The number of halogens is 6. The molecule has 2 aromatic carbocycles. The Morgan fingerprint density at radius 2 is 1.15 bits per heavy atom. The Labute approximate surface area is 148 Å². The van der Waals surface area contributed by atoms with Crippen LogP contribution in [0, 0.1) is 0 Å². The van der Waals surface area contributed by atoms with Crippen LogP contribution in [0.1, 0.15) is 0 Å². The van der Waals surface area contributed by atoms with E-state index in [1.54, 1.807) is 0 Å². The second-order valence-electron chi connectivity index (χ2n) is 5.25. The average Bonchev–Trinajstić information content (AvgIpc) is 3.02. The van der Waals surface area contributed by atoms with Crippen molar-refractivity contribution >= 4 is 0 Å². The number of alkyl halides is 6. The predicted octanol–water partition coefficient (Wildman–Crippen LogP) is 5.54. The summed E-state index contributed by atoms with van der Waals surface area (Å²) in [4.78, 5) is 0. The third kappa shape index (κ3) is 4.52. The molecule has 142 valence electrons. The first-order chi connectivity index (χ1) is 12.6. The maximum Gasteiger partial charge on any atom is 0.573 e. The Bertz CT molecular complexity index is 859. The van der Waals surface area contributed by atoms with E-state index in [1.807, 2.05) is 0 Å². The van der Waals surface area contributed by atoms with Gasteiger partial charge in [0.25, 0.3) is 0 Å². The van der Waals surface area contributed by atoms with Gasteiger partial charge in [-0.3, -0.25) is 5.10 Å². The number of H-pyrrole nitrogens is 1. The number of benzene rings is 2. The lowest BCUT2D eigenvalue weighted by atomic mass is 10.0. The first kappa shape index (κ1) is 18.6. The number of hydrogen-bond acceptors (Lipinski definition) is 3. The van der Waals surface area contributed by atoms with E-state index in [0.717, 1.165) is 12.1 Å². The number of ether oxygens (including phenoxy) is 2. The molecule has 4 nitrogen and oxygen atoms in total. The zero-order chi connectivity index (χ0) is 19.7. The number of nitrogens with one attached hydrogen (secondary N) is 1. The lowest BCUT2D eigenvalue weighted by Crippen LogP contribution is -2.18. The maximum atomic E-state index is 12.6. The fourth-order valence-electron chi connectivity index (χ4n) is 2.49. The summed E-state index contributed by atoms with van der Waals surface area (Å²) < 4.78 is 83.9. The standard InChI is InChI=1S/C17H10F6N2O2/c18-16(19,20)26-13-7-3-1-5-10(13)12-9-24-25-15(12)11-6-2-4-8-14(11)27-17(21,22)23/h1-9H,(H,24,25). The molecule has 0 saturated carbocycles. The fraction of sp³-hybridized carbons (Fsp3) is 0.118. The summed E-state index contributed by atoms with van der Waals surface area (Å²) in [6, 6.07) is 10.4. The fourth-order valence-corrected chi connectivity index (χ4v) is 2.49. The third-order valence-corrected chi connectivity index (χ3v) is 3.42.